The molecule has 1 aromatic rings. The summed E-state index contributed by atoms with van der Waals surface area (Å²) >= 11 is 7.03. The molecule has 0 unspecified atom stereocenters. The largest absolute Gasteiger partial charge is 0.461 e. The van der Waals surface area contributed by atoms with Gasteiger partial charge in [-0.15, -0.1) is 10.2 Å². The maximum Gasteiger partial charge on any atom is 0.359 e. The first-order chi connectivity index (χ1) is 7.65. The number of thiophene rings is 1. The lowest BCUT2D eigenvalue weighted by molar-refractivity contribution is -0.134. The topological polar surface area (TPSA) is 51.0 Å². The number of hydrogen-bond donors (Lipinski definition) is 0. The Morgan fingerprint density at radius 3 is 2.81 bits per heavy atom. The predicted octanol–water partition coefficient (Wildman–Crippen LogP) is 2.67. The number of hydrogen-bond acceptors (Lipinski definition) is 5. The first kappa shape index (κ1) is 12.9. The Kier molecular flexibility index (Phi) is 5.14. The van der Waals surface area contributed by atoms with Crippen molar-refractivity contribution < 1.29 is 9.53 Å². The van der Waals surface area contributed by atoms with Crippen LogP contribution in [0.1, 0.15) is 19.4 Å². The van der Waals surface area contributed by atoms with E-state index in [4.69, 9.17) is 16.3 Å². The number of carbonyl (C=O) groups is 1. The van der Waals surface area contributed by atoms with E-state index in [9.17, 15) is 4.79 Å². The van der Waals surface area contributed by atoms with Gasteiger partial charge in [0.25, 0.3) is 0 Å². The minimum Gasteiger partial charge on any atom is -0.461 e. The number of carbonyl (C=O) groups excluding carboxylic acids is 1. The molecular formula is C10H11ClN2O2S. The quantitative estimate of drug-likeness (QED) is 0.474. The Hall–Kier alpha value is -1.20. The fourth-order valence-electron chi connectivity index (χ4n) is 0.934. The zero-order chi connectivity index (χ0) is 12.0. The molecule has 4 nitrogen and oxygen atoms in total. The van der Waals surface area contributed by atoms with Gasteiger partial charge in [0.05, 0.1) is 6.61 Å². The van der Waals surface area contributed by atoms with E-state index in [0.29, 0.717) is 12.2 Å². The molecule has 6 heteroatoms. The average Bonchev–Trinajstić information content (AvgIpc) is 2.71. The smallest absolute Gasteiger partial charge is 0.359 e. The van der Waals surface area contributed by atoms with Crippen molar-refractivity contribution >= 4 is 39.8 Å². The minimum atomic E-state index is -0.498. The zero-order valence-electron chi connectivity index (χ0n) is 8.94. The fraction of sp³-hybridized carbons (Fsp3) is 0.300. The Morgan fingerprint density at radius 2 is 2.31 bits per heavy atom. The molecule has 1 aromatic heterocycles. The highest BCUT2D eigenvalue weighted by molar-refractivity contribution is 7.08. The summed E-state index contributed by atoms with van der Waals surface area (Å²) in [5.41, 5.74) is 0.855. The molecule has 0 aliphatic carbocycles. The molecule has 0 bridgehead atoms. The number of nitrogens with zero attached hydrogens (tertiary/aromatic N) is 2. The first-order valence-corrected chi connectivity index (χ1v) is 5.94. The van der Waals surface area contributed by atoms with E-state index in [0.717, 1.165) is 0 Å². The number of halogens is 1. The molecule has 0 aliphatic heterocycles. The van der Waals surface area contributed by atoms with Gasteiger partial charge in [0.2, 0.25) is 0 Å². The van der Waals surface area contributed by atoms with Crippen LogP contribution in [0, 0.1) is 0 Å². The second kappa shape index (κ2) is 6.40. The standard InChI is InChI=1S/C10H11ClN2O2S/c1-3-15-10(14)9(13-12-7(2)11)8-4-5-16-6-8/h4-6H,3H2,1-2H3/b12-7+,13-9+. The van der Waals surface area contributed by atoms with Crippen LogP contribution in [0.5, 0.6) is 0 Å². The first-order valence-electron chi connectivity index (χ1n) is 4.62. The van der Waals surface area contributed by atoms with Gasteiger partial charge in [-0.05, 0) is 25.3 Å². The third-order valence-electron chi connectivity index (χ3n) is 1.55. The number of ether oxygens (including phenoxy) is 1. The Balaban J connectivity index is 2.99. The normalized spacial score (nSPS) is 12.7. The SMILES string of the molecule is CCOC(=O)/C(=N/N=C(\C)Cl)c1ccsc1. The molecule has 86 valence electrons. The third-order valence-corrected chi connectivity index (χ3v) is 2.31. The molecule has 1 rings (SSSR count). The van der Waals surface area contributed by atoms with Gasteiger partial charge < -0.3 is 4.74 Å². The van der Waals surface area contributed by atoms with Gasteiger partial charge >= 0.3 is 5.97 Å². The summed E-state index contributed by atoms with van der Waals surface area (Å²) in [6.07, 6.45) is 0. The van der Waals surface area contributed by atoms with E-state index < -0.39 is 5.97 Å². The van der Waals surface area contributed by atoms with Gasteiger partial charge in [-0.25, -0.2) is 4.79 Å². The molecule has 0 fully saturated rings. The van der Waals surface area contributed by atoms with Crippen LogP contribution in [0.2, 0.25) is 0 Å². The van der Waals surface area contributed by atoms with Crippen LogP contribution in [-0.2, 0) is 9.53 Å². The maximum absolute atomic E-state index is 11.6. The number of esters is 1. The molecule has 0 aromatic carbocycles. The van der Waals surface area contributed by atoms with Gasteiger partial charge in [0.1, 0.15) is 5.17 Å². The molecule has 0 amide bonds. The molecule has 0 N–H and O–H groups in total. The summed E-state index contributed by atoms with van der Waals surface area (Å²) in [5.74, 6) is -0.498. The van der Waals surface area contributed by atoms with Crippen molar-refractivity contribution in [2.45, 2.75) is 13.8 Å². The van der Waals surface area contributed by atoms with Crippen molar-refractivity contribution in [3.63, 3.8) is 0 Å². The van der Waals surface area contributed by atoms with E-state index >= 15 is 0 Å². The van der Waals surface area contributed by atoms with Crippen LogP contribution in [0.15, 0.2) is 27.0 Å². The second-order valence-corrected chi connectivity index (χ2v) is 4.11. The highest BCUT2D eigenvalue weighted by Crippen LogP contribution is 2.09. The minimum absolute atomic E-state index is 0.170. The molecule has 16 heavy (non-hydrogen) atoms. The van der Waals surface area contributed by atoms with E-state index in [1.165, 1.54) is 11.3 Å². The zero-order valence-corrected chi connectivity index (χ0v) is 10.5. The van der Waals surface area contributed by atoms with Crippen molar-refractivity contribution in [3.8, 4) is 0 Å². The van der Waals surface area contributed by atoms with E-state index in [-0.39, 0.29) is 10.9 Å². The molecule has 0 spiro atoms. The highest BCUT2D eigenvalue weighted by atomic mass is 35.5. The van der Waals surface area contributed by atoms with Gasteiger partial charge in [-0.2, -0.15) is 11.3 Å². The lowest BCUT2D eigenvalue weighted by atomic mass is 10.2. The third kappa shape index (κ3) is 3.75. The fourth-order valence-corrected chi connectivity index (χ4v) is 1.61. The number of rotatable bonds is 4. The Labute approximate surface area is 103 Å². The molecular weight excluding hydrogens is 248 g/mol. The summed E-state index contributed by atoms with van der Waals surface area (Å²) in [6, 6.07) is 1.78. The van der Waals surface area contributed by atoms with Crippen molar-refractivity contribution in [2.75, 3.05) is 6.61 Å². The summed E-state index contributed by atoms with van der Waals surface area (Å²) in [7, 11) is 0. The van der Waals surface area contributed by atoms with Crippen LogP contribution >= 0.6 is 22.9 Å². The average molecular weight is 259 g/mol. The van der Waals surface area contributed by atoms with E-state index in [1.54, 1.807) is 25.3 Å². The van der Waals surface area contributed by atoms with E-state index in [1.807, 2.05) is 5.38 Å². The Bertz CT molecular complexity index is 408. The van der Waals surface area contributed by atoms with Crippen molar-refractivity contribution in [3.05, 3.63) is 22.4 Å². The van der Waals surface area contributed by atoms with Crippen molar-refractivity contribution in [1.29, 1.82) is 0 Å². The lowest BCUT2D eigenvalue weighted by Gasteiger charge is -2.01. The monoisotopic (exact) mass is 258 g/mol. The Morgan fingerprint density at radius 1 is 1.56 bits per heavy atom. The maximum atomic E-state index is 11.6. The van der Waals surface area contributed by atoms with Gasteiger partial charge in [-0.1, -0.05) is 11.6 Å². The van der Waals surface area contributed by atoms with E-state index in [2.05, 4.69) is 10.2 Å². The molecule has 0 atom stereocenters. The lowest BCUT2D eigenvalue weighted by Crippen LogP contribution is -2.18. The summed E-state index contributed by atoms with van der Waals surface area (Å²) in [5, 5.41) is 11.4. The van der Waals surface area contributed by atoms with Crippen LogP contribution in [0.25, 0.3) is 0 Å². The molecule has 0 aliphatic rings. The van der Waals surface area contributed by atoms with Gasteiger partial charge in [-0.3, -0.25) is 0 Å². The summed E-state index contributed by atoms with van der Waals surface area (Å²) in [4.78, 5) is 11.6. The van der Waals surface area contributed by atoms with Gasteiger partial charge in [0, 0.05) is 10.9 Å². The van der Waals surface area contributed by atoms with Crippen molar-refractivity contribution in [2.24, 2.45) is 10.2 Å². The predicted molar refractivity (Wildman–Crippen MR) is 66.5 cm³/mol. The molecule has 0 saturated heterocycles. The second-order valence-electron chi connectivity index (χ2n) is 2.78. The highest BCUT2D eigenvalue weighted by Gasteiger charge is 2.15. The summed E-state index contributed by atoms with van der Waals surface area (Å²) < 4.78 is 4.88. The molecule has 0 radical (unpaired) electrons. The van der Waals surface area contributed by atoms with Crippen LogP contribution in [0.4, 0.5) is 0 Å². The van der Waals surface area contributed by atoms with Crippen LogP contribution < -0.4 is 0 Å². The van der Waals surface area contributed by atoms with Crippen molar-refractivity contribution in [1.82, 2.24) is 0 Å². The van der Waals surface area contributed by atoms with Gasteiger partial charge in [0.15, 0.2) is 5.71 Å². The summed E-state index contributed by atoms with van der Waals surface area (Å²) in [6.45, 7) is 3.62. The van der Waals surface area contributed by atoms with Crippen LogP contribution in [-0.4, -0.2) is 23.5 Å². The van der Waals surface area contributed by atoms with Crippen LogP contribution in [0.3, 0.4) is 0 Å². The molecule has 0 saturated carbocycles. The molecule has 1 heterocycles.